The van der Waals surface area contributed by atoms with Crippen LogP contribution in [0.4, 0.5) is 0 Å². The van der Waals surface area contributed by atoms with Gasteiger partial charge in [-0.1, -0.05) is 105 Å². The van der Waals surface area contributed by atoms with Gasteiger partial charge in [0, 0.05) is 48.7 Å². The van der Waals surface area contributed by atoms with E-state index in [0.717, 1.165) is 44.9 Å². The van der Waals surface area contributed by atoms with Crippen LogP contribution in [0.3, 0.4) is 0 Å². The molecule has 2 heterocycles. The van der Waals surface area contributed by atoms with Crippen molar-refractivity contribution in [1.29, 1.82) is 0 Å². The van der Waals surface area contributed by atoms with E-state index in [2.05, 4.69) is 47.6 Å². The molecule has 3 amide bonds. The number of nitrogens with two attached hydrogens (primary N) is 1. The van der Waals surface area contributed by atoms with Crippen molar-refractivity contribution in [2.24, 2.45) is 5.73 Å². The predicted octanol–water partition coefficient (Wildman–Crippen LogP) is 7.54. The van der Waals surface area contributed by atoms with Crippen molar-refractivity contribution in [1.82, 2.24) is 19.8 Å². The number of esters is 1. The largest absolute Gasteiger partial charge is 0.461 e. The summed E-state index contributed by atoms with van der Waals surface area (Å²) in [5.41, 5.74) is 11.0. The number of amides is 3. The summed E-state index contributed by atoms with van der Waals surface area (Å²) in [7, 11) is 0. The third-order valence-corrected chi connectivity index (χ3v) is 10.3. The van der Waals surface area contributed by atoms with Crippen LogP contribution in [-0.4, -0.2) is 56.8 Å². The summed E-state index contributed by atoms with van der Waals surface area (Å²) in [5, 5.41) is 5.98. The smallest absolute Gasteiger partial charge is 0.306 e. The second-order valence-electron chi connectivity index (χ2n) is 14.5. The van der Waals surface area contributed by atoms with Crippen LogP contribution in [0.25, 0.3) is 21.7 Å². The lowest BCUT2D eigenvalue weighted by Gasteiger charge is -2.34. The summed E-state index contributed by atoms with van der Waals surface area (Å²) in [6, 6.07) is 33.8. The summed E-state index contributed by atoms with van der Waals surface area (Å²) < 4.78 is 7.49. The number of primary amides is 1. The van der Waals surface area contributed by atoms with Crippen LogP contribution in [0.5, 0.6) is 0 Å². The minimum atomic E-state index is -0.997. The first-order valence-electron chi connectivity index (χ1n) is 19.8. The van der Waals surface area contributed by atoms with Crippen LogP contribution >= 0.6 is 0 Å². The molecule has 2 atom stereocenters. The minimum Gasteiger partial charge on any atom is -0.461 e. The van der Waals surface area contributed by atoms with E-state index in [1.54, 1.807) is 17.3 Å². The number of rotatable bonds is 19. The molecule has 10 nitrogen and oxygen atoms in total. The van der Waals surface area contributed by atoms with Gasteiger partial charge in [-0.05, 0) is 77.8 Å². The zero-order valence-corrected chi connectivity index (χ0v) is 32.7. The van der Waals surface area contributed by atoms with Gasteiger partial charge in [0.1, 0.15) is 12.6 Å². The SMILES string of the molecule is CCCN(C(=O)[C@H](CCCC(=O)OCc1ccccc1)NC(=O)c1cn(Cc2ccccn2)c2ccccc12)[C@H](CC(N)=O)Cc1ccc2cc(CC)ccc2c1. The van der Waals surface area contributed by atoms with Crippen LogP contribution < -0.4 is 11.1 Å². The first kappa shape index (κ1) is 40.4. The highest BCUT2D eigenvalue weighted by Crippen LogP contribution is 2.25. The van der Waals surface area contributed by atoms with E-state index < -0.39 is 29.9 Å². The fraction of sp³-hybridized carbons (Fsp3) is 0.298. The summed E-state index contributed by atoms with van der Waals surface area (Å²) in [6.45, 7) is 5.04. The van der Waals surface area contributed by atoms with Gasteiger partial charge in [0.15, 0.2) is 0 Å². The Balaban J connectivity index is 1.27. The van der Waals surface area contributed by atoms with Crippen LogP contribution in [-0.2, 0) is 45.1 Å². The average molecular weight is 766 g/mol. The van der Waals surface area contributed by atoms with Crippen LogP contribution in [0.1, 0.15) is 78.7 Å². The molecular formula is C47H51N5O5. The molecule has 0 aliphatic carbocycles. The van der Waals surface area contributed by atoms with Crippen molar-refractivity contribution in [3.8, 4) is 0 Å². The normalized spacial score (nSPS) is 12.2. The molecule has 0 bridgehead atoms. The molecule has 0 spiro atoms. The lowest BCUT2D eigenvalue weighted by atomic mass is 9.96. The number of pyridine rings is 1. The van der Waals surface area contributed by atoms with E-state index >= 15 is 0 Å². The van der Waals surface area contributed by atoms with E-state index in [1.165, 1.54) is 5.56 Å². The molecule has 294 valence electrons. The highest BCUT2D eigenvalue weighted by molar-refractivity contribution is 6.08. The first-order chi connectivity index (χ1) is 27.7. The van der Waals surface area contributed by atoms with E-state index in [-0.39, 0.29) is 38.2 Å². The number of aryl methyl sites for hydroxylation is 1. The third kappa shape index (κ3) is 10.7. The van der Waals surface area contributed by atoms with Gasteiger partial charge < -0.3 is 25.3 Å². The molecule has 3 N–H and O–H groups in total. The topological polar surface area (TPSA) is 137 Å². The molecule has 4 aromatic carbocycles. The maximum atomic E-state index is 14.8. The van der Waals surface area contributed by atoms with E-state index in [0.29, 0.717) is 31.5 Å². The van der Waals surface area contributed by atoms with Gasteiger partial charge in [-0.2, -0.15) is 0 Å². The monoisotopic (exact) mass is 765 g/mol. The van der Waals surface area contributed by atoms with Gasteiger partial charge in [-0.15, -0.1) is 0 Å². The second-order valence-corrected chi connectivity index (χ2v) is 14.5. The number of carbonyl (C=O) groups excluding carboxylic acids is 4. The van der Waals surface area contributed by atoms with Gasteiger partial charge >= 0.3 is 5.97 Å². The van der Waals surface area contributed by atoms with E-state index in [1.807, 2.05) is 90.4 Å². The molecular weight excluding hydrogens is 715 g/mol. The Labute approximate surface area is 334 Å². The molecule has 0 fully saturated rings. The molecule has 6 rings (SSSR count). The predicted molar refractivity (Wildman–Crippen MR) is 223 cm³/mol. The van der Waals surface area contributed by atoms with Gasteiger partial charge in [-0.25, -0.2) is 0 Å². The number of hydrogen-bond acceptors (Lipinski definition) is 6. The van der Waals surface area contributed by atoms with Crippen molar-refractivity contribution in [3.63, 3.8) is 0 Å². The number of ether oxygens (including phenoxy) is 1. The van der Waals surface area contributed by atoms with Crippen LogP contribution in [0.15, 0.2) is 122 Å². The summed E-state index contributed by atoms with van der Waals surface area (Å²) >= 11 is 0. The quantitative estimate of drug-likeness (QED) is 0.0819. The second kappa shape index (κ2) is 19.5. The van der Waals surface area contributed by atoms with Crippen LogP contribution in [0.2, 0.25) is 0 Å². The highest BCUT2D eigenvalue weighted by atomic mass is 16.5. The van der Waals surface area contributed by atoms with E-state index in [4.69, 9.17) is 10.5 Å². The average Bonchev–Trinajstić information content (AvgIpc) is 3.59. The molecule has 6 aromatic rings. The summed E-state index contributed by atoms with van der Waals surface area (Å²) in [5.74, 6) is -1.67. The Morgan fingerprint density at radius 2 is 1.56 bits per heavy atom. The molecule has 0 radical (unpaired) electrons. The fourth-order valence-electron chi connectivity index (χ4n) is 7.38. The highest BCUT2D eigenvalue weighted by Gasteiger charge is 2.32. The minimum absolute atomic E-state index is 0.0496. The van der Waals surface area contributed by atoms with Crippen LogP contribution in [0, 0.1) is 0 Å². The van der Waals surface area contributed by atoms with Gasteiger partial charge in [0.05, 0.1) is 17.8 Å². The maximum Gasteiger partial charge on any atom is 0.306 e. The molecule has 0 aliphatic rings. The van der Waals surface area contributed by atoms with Gasteiger partial charge in [0.2, 0.25) is 11.8 Å². The molecule has 0 saturated carbocycles. The first-order valence-corrected chi connectivity index (χ1v) is 19.8. The van der Waals surface area contributed by atoms with Crippen molar-refractivity contribution in [2.45, 2.75) is 84.0 Å². The molecule has 10 heteroatoms. The molecule has 0 saturated heterocycles. The summed E-state index contributed by atoms with van der Waals surface area (Å²) in [6.07, 6.45) is 5.95. The number of hydrogen-bond donors (Lipinski definition) is 2. The zero-order chi connectivity index (χ0) is 40.1. The Bertz CT molecular complexity index is 2310. The van der Waals surface area contributed by atoms with Crippen molar-refractivity contribution in [2.75, 3.05) is 6.54 Å². The molecule has 0 unspecified atom stereocenters. The van der Waals surface area contributed by atoms with E-state index in [9.17, 15) is 19.2 Å². The number of benzene rings is 4. The Morgan fingerprint density at radius 3 is 2.28 bits per heavy atom. The van der Waals surface area contributed by atoms with Crippen molar-refractivity contribution in [3.05, 3.63) is 150 Å². The van der Waals surface area contributed by atoms with Crippen molar-refractivity contribution < 1.29 is 23.9 Å². The standard InChI is InChI=1S/C47H51N5O5/c1-3-25-52(39(29-44(48)53)28-35-21-23-36-26-33(4-2)20-22-37(36)27-35)47(56)42(17-12-19-45(54)57-32-34-13-6-5-7-14-34)50-46(55)41-31-51(30-38-15-10-11-24-49-38)43-18-9-8-16-40(41)43/h5-11,13-16,18,20-24,26-27,31,39,42H,3-4,12,17,19,25,28-30,32H2,1-2H3,(H2,48,53)(H,50,55)/t39-,42-/m0/s1. The lowest BCUT2D eigenvalue weighted by molar-refractivity contribution is -0.145. The Hall–Kier alpha value is -6.29. The lowest BCUT2D eigenvalue weighted by Crippen LogP contribution is -2.53. The van der Waals surface area contributed by atoms with Gasteiger partial charge in [0.25, 0.3) is 5.91 Å². The number of nitrogens with zero attached hydrogens (tertiary/aromatic N) is 3. The van der Waals surface area contributed by atoms with Gasteiger partial charge in [-0.3, -0.25) is 24.2 Å². The summed E-state index contributed by atoms with van der Waals surface area (Å²) in [4.78, 5) is 60.7. The molecule has 2 aromatic heterocycles. The zero-order valence-electron chi connectivity index (χ0n) is 32.7. The molecule has 57 heavy (non-hydrogen) atoms. The van der Waals surface area contributed by atoms with Crippen molar-refractivity contribution >= 4 is 45.4 Å². The Morgan fingerprint density at radius 1 is 0.842 bits per heavy atom. The maximum absolute atomic E-state index is 14.8. The fourth-order valence-corrected chi connectivity index (χ4v) is 7.38. The number of aromatic nitrogens is 2. The number of carbonyl (C=O) groups is 4. The Kier molecular flexibility index (Phi) is 13.8. The third-order valence-electron chi connectivity index (χ3n) is 10.3. The number of para-hydroxylation sites is 1. The molecule has 0 aliphatic heterocycles. The number of fused-ring (bicyclic) bond motifs is 2. The number of nitrogens with one attached hydrogen (secondary N) is 1.